The highest BCUT2D eigenvalue weighted by atomic mass is 35.5. The molecule has 0 spiro atoms. The van der Waals surface area contributed by atoms with Gasteiger partial charge in [-0.3, -0.25) is 4.79 Å². The van der Waals surface area contributed by atoms with Gasteiger partial charge >= 0.3 is 0 Å². The van der Waals surface area contributed by atoms with Gasteiger partial charge in [0.25, 0.3) is 5.91 Å². The van der Waals surface area contributed by atoms with Crippen LogP contribution in [0.25, 0.3) is 0 Å². The molecule has 0 aliphatic rings. The zero-order valence-electron chi connectivity index (χ0n) is 11.9. The van der Waals surface area contributed by atoms with Crippen molar-refractivity contribution in [3.05, 3.63) is 75.5 Å². The number of aryl methyl sites for hydroxylation is 1. The molecule has 1 atom stereocenters. The van der Waals surface area contributed by atoms with Crippen molar-refractivity contribution in [3.63, 3.8) is 0 Å². The second-order valence-electron chi connectivity index (χ2n) is 4.84. The van der Waals surface area contributed by atoms with Crippen LogP contribution in [-0.4, -0.2) is 15.5 Å². The minimum Gasteiger partial charge on any atom is -0.337 e. The molecule has 3 rings (SSSR count). The fraction of sp³-hybridized carbons (Fsp3) is 0.125. The fourth-order valence-electron chi connectivity index (χ4n) is 2.25. The number of rotatable bonds is 4. The average Bonchev–Trinajstić information content (AvgIpc) is 3.16. The molecule has 2 heterocycles. The zero-order valence-corrected chi connectivity index (χ0v) is 13.4. The summed E-state index contributed by atoms with van der Waals surface area (Å²) >= 11 is 7.50. The number of nitrogens with zero attached hydrogens (tertiary/aromatic N) is 2. The van der Waals surface area contributed by atoms with E-state index < -0.39 is 0 Å². The molecule has 1 amide bonds. The van der Waals surface area contributed by atoms with Crippen molar-refractivity contribution >= 4 is 28.8 Å². The monoisotopic (exact) mass is 331 g/mol. The van der Waals surface area contributed by atoms with E-state index in [2.05, 4.69) is 10.3 Å². The molecule has 112 valence electrons. The van der Waals surface area contributed by atoms with E-state index in [1.165, 1.54) is 11.3 Å². The van der Waals surface area contributed by atoms with E-state index in [0.717, 1.165) is 11.4 Å². The molecule has 2 aromatic heterocycles. The molecule has 6 heteroatoms. The topological polar surface area (TPSA) is 46.9 Å². The zero-order chi connectivity index (χ0) is 15.5. The molecule has 22 heavy (non-hydrogen) atoms. The predicted octanol–water partition coefficient (Wildman–Crippen LogP) is 3.65. The Bertz CT molecular complexity index is 782. The molecule has 0 aliphatic carbocycles. The summed E-state index contributed by atoms with van der Waals surface area (Å²) in [6.45, 7) is 0. The third kappa shape index (κ3) is 3.05. The van der Waals surface area contributed by atoms with Gasteiger partial charge in [-0.25, -0.2) is 4.98 Å². The number of thiophene rings is 1. The Morgan fingerprint density at radius 1 is 1.36 bits per heavy atom. The number of amides is 1. The summed E-state index contributed by atoms with van der Waals surface area (Å²) in [4.78, 5) is 17.4. The van der Waals surface area contributed by atoms with Gasteiger partial charge in [0.1, 0.15) is 11.9 Å². The minimum absolute atomic E-state index is 0.122. The molecule has 1 unspecified atom stereocenters. The summed E-state index contributed by atoms with van der Waals surface area (Å²) in [5, 5.41) is 5.54. The summed E-state index contributed by atoms with van der Waals surface area (Å²) in [6.07, 6.45) is 3.56. The van der Waals surface area contributed by atoms with Crippen LogP contribution in [0, 0.1) is 0 Å². The van der Waals surface area contributed by atoms with Crippen LogP contribution in [0.15, 0.2) is 54.2 Å². The normalized spacial score (nSPS) is 12.1. The quantitative estimate of drug-likeness (QED) is 0.793. The van der Waals surface area contributed by atoms with Crippen molar-refractivity contribution in [2.24, 2.45) is 7.05 Å². The van der Waals surface area contributed by atoms with Crippen molar-refractivity contribution < 1.29 is 4.79 Å². The SMILES string of the molecule is Cn1ccnc1C(NC(=O)c1cccs1)c1cccc(Cl)c1. The van der Waals surface area contributed by atoms with Gasteiger partial charge in [-0.1, -0.05) is 29.8 Å². The van der Waals surface area contributed by atoms with E-state index >= 15 is 0 Å². The highest BCUT2D eigenvalue weighted by Gasteiger charge is 2.22. The van der Waals surface area contributed by atoms with Crippen molar-refractivity contribution in [2.75, 3.05) is 0 Å². The lowest BCUT2D eigenvalue weighted by atomic mass is 10.1. The number of benzene rings is 1. The standard InChI is InChI=1S/C16H14ClN3OS/c1-20-8-7-18-15(20)14(11-4-2-5-12(17)10-11)19-16(21)13-6-3-9-22-13/h2-10,14H,1H3,(H,19,21). The van der Waals surface area contributed by atoms with Crippen LogP contribution >= 0.6 is 22.9 Å². The van der Waals surface area contributed by atoms with Gasteiger partial charge in [-0.15, -0.1) is 11.3 Å². The number of halogens is 1. The van der Waals surface area contributed by atoms with Crippen LogP contribution in [0.3, 0.4) is 0 Å². The first kappa shape index (κ1) is 14.8. The number of hydrogen-bond donors (Lipinski definition) is 1. The van der Waals surface area contributed by atoms with Crippen molar-refractivity contribution in [1.82, 2.24) is 14.9 Å². The van der Waals surface area contributed by atoms with Gasteiger partial charge in [-0.2, -0.15) is 0 Å². The Morgan fingerprint density at radius 3 is 2.86 bits per heavy atom. The first-order valence-corrected chi connectivity index (χ1v) is 7.98. The van der Waals surface area contributed by atoms with Gasteiger partial charge in [0.05, 0.1) is 4.88 Å². The summed E-state index contributed by atoms with van der Waals surface area (Å²) in [5.74, 6) is 0.634. The Kier molecular flexibility index (Phi) is 4.27. The maximum Gasteiger partial charge on any atom is 0.262 e. The number of aromatic nitrogens is 2. The largest absolute Gasteiger partial charge is 0.337 e. The maximum absolute atomic E-state index is 12.4. The molecule has 0 fully saturated rings. The van der Waals surface area contributed by atoms with Crippen LogP contribution in [0.2, 0.25) is 5.02 Å². The number of carbonyl (C=O) groups is 1. The van der Waals surface area contributed by atoms with Crippen molar-refractivity contribution in [2.45, 2.75) is 6.04 Å². The van der Waals surface area contributed by atoms with Gasteiger partial charge in [0.2, 0.25) is 0 Å². The molecule has 0 saturated carbocycles. The van der Waals surface area contributed by atoms with E-state index in [9.17, 15) is 4.79 Å². The minimum atomic E-state index is -0.353. The molecule has 3 aromatic rings. The van der Waals surface area contributed by atoms with E-state index in [4.69, 9.17) is 11.6 Å². The molecule has 0 radical (unpaired) electrons. The second kappa shape index (κ2) is 6.34. The molecule has 1 aromatic carbocycles. The average molecular weight is 332 g/mol. The van der Waals surface area contributed by atoms with E-state index in [1.54, 1.807) is 12.3 Å². The summed E-state index contributed by atoms with van der Waals surface area (Å²) in [5.41, 5.74) is 0.895. The number of imidazole rings is 1. The Hall–Kier alpha value is -2.11. The fourth-order valence-corrected chi connectivity index (χ4v) is 3.07. The number of carbonyl (C=O) groups excluding carboxylic acids is 1. The van der Waals surface area contributed by atoms with Gasteiger partial charge in [-0.05, 0) is 29.1 Å². The summed E-state index contributed by atoms with van der Waals surface area (Å²) < 4.78 is 1.89. The van der Waals surface area contributed by atoms with Crippen molar-refractivity contribution in [3.8, 4) is 0 Å². The smallest absolute Gasteiger partial charge is 0.262 e. The summed E-state index contributed by atoms with van der Waals surface area (Å²) in [6, 6.07) is 10.7. The van der Waals surface area contributed by atoms with Crippen LogP contribution in [-0.2, 0) is 7.05 Å². The van der Waals surface area contributed by atoms with Crippen LogP contribution < -0.4 is 5.32 Å². The van der Waals surface area contributed by atoms with Crippen LogP contribution in [0.1, 0.15) is 27.1 Å². The Balaban J connectivity index is 1.97. The first-order chi connectivity index (χ1) is 10.6. The number of nitrogens with one attached hydrogen (secondary N) is 1. The lowest BCUT2D eigenvalue weighted by Gasteiger charge is -2.19. The second-order valence-corrected chi connectivity index (χ2v) is 6.22. The lowest BCUT2D eigenvalue weighted by molar-refractivity contribution is 0.0945. The van der Waals surface area contributed by atoms with E-state index in [-0.39, 0.29) is 11.9 Å². The molecule has 4 nitrogen and oxygen atoms in total. The van der Waals surface area contributed by atoms with Gasteiger partial charge in [0.15, 0.2) is 0 Å². The van der Waals surface area contributed by atoms with Crippen LogP contribution in [0.4, 0.5) is 0 Å². The maximum atomic E-state index is 12.4. The lowest BCUT2D eigenvalue weighted by Crippen LogP contribution is -2.30. The number of hydrogen-bond acceptors (Lipinski definition) is 3. The molecule has 1 N–H and O–H groups in total. The molecular formula is C16H14ClN3OS. The van der Waals surface area contributed by atoms with Crippen molar-refractivity contribution in [1.29, 1.82) is 0 Å². The molecule has 0 bridgehead atoms. The Labute approximate surface area is 137 Å². The molecular weight excluding hydrogens is 318 g/mol. The highest BCUT2D eigenvalue weighted by molar-refractivity contribution is 7.12. The summed E-state index contributed by atoms with van der Waals surface area (Å²) in [7, 11) is 1.90. The van der Waals surface area contributed by atoms with Gasteiger partial charge in [0, 0.05) is 24.5 Å². The predicted molar refractivity (Wildman–Crippen MR) is 88.3 cm³/mol. The third-order valence-electron chi connectivity index (χ3n) is 3.32. The van der Waals surface area contributed by atoms with E-state index in [1.807, 2.05) is 53.5 Å². The molecule has 0 aliphatic heterocycles. The first-order valence-electron chi connectivity index (χ1n) is 6.72. The molecule has 0 saturated heterocycles. The third-order valence-corrected chi connectivity index (χ3v) is 4.42. The van der Waals surface area contributed by atoms with E-state index in [0.29, 0.717) is 9.90 Å². The van der Waals surface area contributed by atoms with Gasteiger partial charge < -0.3 is 9.88 Å². The Morgan fingerprint density at radius 2 is 2.23 bits per heavy atom. The highest BCUT2D eigenvalue weighted by Crippen LogP contribution is 2.24. The van der Waals surface area contributed by atoms with Crippen LogP contribution in [0.5, 0.6) is 0 Å².